The van der Waals surface area contributed by atoms with Crippen LogP contribution >= 0.6 is 15.9 Å². The van der Waals surface area contributed by atoms with Gasteiger partial charge in [-0.1, -0.05) is 13.8 Å². The average molecular weight is 254 g/mol. The number of phenolic OH excluding ortho intramolecular Hbond substituents is 1. The minimum absolute atomic E-state index is 0.311. The molecule has 0 amide bonds. The molecule has 2 aromatic rings. The van der Waals surface area contributed by atoms with E-state index in [-0.39, 0.29) is 0 Å². The third-order valence-electron chi connectivity index (χ3n) is 2.37. The highest BCUT2D eigenvalue weighted by Crippen LogP contribution is 2.34. The predicted molar refractivity (Wildman–Crippen MR) is 61.8 cm³/mol. The molecule has 2 N–H and O–H groups in total. The highest BCUT2D eigenvalue weighted by atomic mass is 79.9. The number of aromatic nitrogens is 1. The number of halogens is 1. The third-order valence-corrected chi connectivity index (χ3v) is 3.01. The van der Waals surface area contributed by atoms with Crippen molar-refractivity contribution in [3.8, 4) is 5.75 Å². The molecule has 0 aliphatic carbocycles. The fourth-order valence-corrected chi connectivity index (χ4v) is 1.84. The fourth-order valence-electron chi connectivity index (χ4n) is 1.49. The largest absolute Gasteiger partial charge is 0.506 e. The monoisotopic (exact) mass is 253 g/mol. The third kappa shape index (κ3) is 1.42. The van der Waals surface area contributed by atoms with Gasteiger partial charge in [0.1, 0.15) is 5.75 Å². The van der Waals surface area contributed by atoms with Crippen LogP contribution in [0, 0.1) is 0 Å². The number of aromatic amines is 1. The van der Waals surface area contributed by atoms with Crippen molar-refractivity contribution in [1.29, 1.82) is 0 Å². The van der Waals surface area contributed by atoms with Crippen LogP contribution in [0.5, 0.6) is 5.75 Å². The lowest BCUT2D eigenvalue weighted by Gasteiger charge is -1.97. The predicted octanol–water partition coefficient (Wildman–Crippen LogP) is 3.76. The van der Waals surface area contributed by atoms with Crippen LogP contribution in [0.1, 0.15) is 25.5 Å². The summed E-state index contributed by atoms with van der Waals surface area (Å²) < 4.78 is 0.735. The summed E-state index contributed by atoms with van der Waals surface area (Å²) in [7, 11) is 0. The van der Waals surface area contributed by atoms with Gasteiger partial charge in [-0.2, -0.15) is 0 Å². The minimum atomic E-state index is 0.311. The lowest BCUT2D eigenvalue weighted by molar-refractivity contribution is 0.478. The van der Waals surface area contributed by atoms with E-state index in [1.54, 1.807) is 0 Å². The van der Waals surface area contributed by atoms with E-state index in [0.29, 0.717) is 11.7 Å². The first-order chi connectivity index (χ1) is 6.59. The standard InChI is InChI=1S/C11H12BrNO/c1-6(2)10-5-7-9(13-10)4-3-8(12)11(7)14/h3-6,13-14H,1-2H3. The minimum Gasteiger partial charge on any atom is -0.506 e. The molecule has 1 aromatic heterocycles. The Morgan fingerprint density at radius 3 is 2.71 bits per heavy atom. The number of phenols is 1. The number of hydrogen-bond donors (Lipinski definition) is 2. The Bertz CT molecular complexity index is 473. The maximum absolute atomic E-state index is 9.79. The van der Waals surface area contributed by atoms with Gasteiger partial charge in [0.05, 0.1) is 4.47 Å². The van der Waals surface area contributed by atoms with E-state index >= 15 is 0 Å². The quantitative estimate of drug-likeness (QED) is 0.798. The summed E-state index contributed by atoms with van der Waals surface area (Å²) in [5, 5.41) is 10.7. The summed E-state index contributed by atoms with van der Waals surface area (Å²) >= 11 is 3.30. The molecular weight excluding hydrogens is 242 g/mol. The maximum Gasteiger partial charge on any atom is 0.139 e. The summed E-state index contributed by atoms with van der Waals surface area (Å²) in [5.74, 6) is 0.756. The highest BCUT2D eigenvalue weighted by molar-refractivity contribution is 9.10. The van der Waals surface area contributed by atoms with E-state index < -0.39 is 0 Å². The first-order valence-electron chi connectivity index (χ1n) is 4.59. The Labute approximate surface area is 91.1 Å². The topological polar surface area (TPSA) is 36.0 Å². The van der Waals surface area contributed by atoms with Gasteiger partial charge in [-0.05, 0) is 40.0 Å². The molecule has 0 saturated carbocycles. The molecule has 1 aromatic carbocycles. The van der Waals surface area contributed by atoms with Gasteiger partial charge in [-0.3, -0.25) is 0 Å². The van der Waals surface area contributed by atoms with E-state index in [9.17, 15) is 5.11 Å². The Morgan fingerprint density at radius 1 is 1.36 bits per heavy atom. The molecule has 0 unspecified atom stereocenters. The number of aromatic hydroxyl groups is 1. The first kappa shape index (κ1) is 9.59. The highest BCUT2D eigenvalue weighted by Gasteiger charge is 2.09. The molecule has 0 spiro atoms. The van der Waals surface area contributed by atoms with E-state index in [4.69, 9.17) is 0 Å². The summed E-state index contributed by atoms with van der Waals surface area (Å²) in [6, 6.07) is 5.81. The number of rotatable bonds is 1. The second-order valence-electron chi connectivity index (χ2n) is 3.74. The van der Waals surface area contributed by atoms with Crippen molar-refractivity contribution in [2.75, 3.05) is 0 Å². The Morgan fingerprint density at radius 2 is 2.07 bits per heavy atom. The van der Waals surface area contributed by atoms with Crippen molar-refractivity contribution < 1.29 is 5.11 Å². The number of nitrogens with one attached hydrogen (secondary N) is 1. The molecule has 0 aliphatic heterocycles. The molecule has 14 heavy (non-hydrogen) atoms. The maximum atomic E-state index is 9.79. The van der Waals surface area contributed by atoms with Crippen molar-refractivity contribution >= 4 is 26.8 Å². The normalized spacial score (nSPS) is 11.4. The lowest BCUT2D eigenvalue weighted by atomic mass is 10.1. The van der Waals surface area contributed by atoms with Gasteiger partial charge in [0, 0.05) is 16.6 Å². The summed E-state index contributed by atoms with van der Waals surface area (Å²) in [6.07, 6.45) is 0. The first-order valence-corrected chi connectivity index (χ1v) is 5.39. The zero-order chi connectivity index (χ0) is 10.3. The van der Waals surface area contributed by atoms with Gasteiger partial charge in [0.15, 0.2) is 0 Å². The van der Waals surface area contributed by atoms with Gasteiger partial charge < -0.3 is 10.1 Å². The second kappa shape index (κ2) is 3.31. The SMILES string of the molecule is CC(C)c1cc2c(O)c(Br)ccc2[nH]1. The molecule has 2 rings (SSSR count). The van der Waals surface area contributed by atoms with Gasteiger partial charge in [-0.15, -0.1) is 0 Å². The smallest absolute Gasteiger partial charge is 0.139 e. The molecule has 3 heteroatoms. The van der Waals surface area contributed by atoms with Crippen LogP contribution < -0.4 is 0 Å². The molecule has 74 valence electrons. The van der Waals surface area contributed by atoms with Crippen LogP contribution in [0.2, 0.25) is 0 Å². The molecule has 0 saturated heterocycles. The summed E-state index contributed by atoms with van der Waals surface area (Å²) in [6.45, 7) is 4.24. The summed E-state index contributed by atoms with van der Waals surface area (Å²) in [4.78, 5) is 3.28. The van der Waals surface area contributed by atoms with Gasteiger partial charge in [0.25, 0.3) is 0 Å². The molecule has 0 atom stereocenters. The van der Waals surface area contributed by atoms with E-state index in [0.717, 1.165) is 21.1 Å². The summed E-state index contributed by atoms with van der Waals surface area (Å²) in [5.41, 5.74) is 2.13. The second-order valence-corrected chi connectivity index (χ2v) is 4.59. The molecule has 0 fully saturated rings. The van der Waals surface area contributed by atoms with Gasteiger partial charge >= 0.3 is 0 Å². The number of benzene rings is 1. The van der Waals surface area contributed by atoms with Crippen molar-refractivity contribution in [3.05, 3.63) is 28.4 Å². The Kier molecular flexibility index (Phi) is 2.27. The fraction of sp³-hybridized carbons (Fsp3) is 0.273. The molecule has 1 heterocycles. The zero-order valence-corrected chi connectivity index (χ0v) is 9.72. The number of fused-ring (bicyclic) bond motifs is 1. The van der Waals surface area contributed by atoms with Crippen molar-refractivity contribution in [2.24, 2.45) is 0 Å². The van der Waals surface area contributed by atoms with Crippen molar-refractivity contribution in [1.82, 2.24) is 4.98 Å². The molecule has 0 radical (unpaired) electrons. The van der Waals surface area contributed by atoms with Crippen LogP contribution in [0.4, 0.5) is 0 Å². The van der Waals surface area contributed by atoms with E-state index in [1.807, 2.05) is 18.2 Å². The lowest BCUT2D eigenvalue weighted by Crippen LogP contribution is -1.84. The number of H-pyrrole nitrogens is 1. The molecule has 2 nitrogen and oxygen atoms in total. The zero-order valence-electron chi connectivity index (χ0n) is 8.13. The average Bonchev–Trinajstić information content (AvgIpc) is 2.56. The van der Waals surface area contributed by atoms with Crippen LogP contribution in [0.3, 0.4) is 0 Å². The van der Waals surface area contributed by atoms with Crippen LogP contribution in [0.15, 0.2) is 22.7 Å². The molecule has 0 bridgehead atoms. The molecule has 0 aliphatic rings. The Hall–Kier alpha value is -0.960. The van der Waals surface area contributed by atoms with E-state index in [2.05, 4.69) is 34.8 Å². The van der Waals surface area contributed by atoms with Crippen LogP contribution in [-0.2, 0) is 0 Å². The number of hydrogen-bond acceptors (Lipinski definition) is 1. The Balaban J connectivity index is 2.71. The van der Waals surface area contributed by atoms with Gasteiger partial charge in [0.2, 0.25) is 0 Å². The van der Waals surface area contributed by atoms with Gasteiger partial charge in [-0.25, -0.2) is 0 Å². The van der Waals surface area contributed by atoms with Crippen molar-refractivity contribution in [3.63, 3.8) is 0 Å². The molecular formula is C11H12BrNO. The van der Waals surface area contributed by atoms with E-state index in [1.165, 1.54) is 0 Å². The van der Waals surface area contributed by atoms with Crippen molar-refractivity contribution in [2.45, 2.75) is 19.8 Å². The van der Waals surface area contributed by atoms with Crippen LogP contribution in [-0.4, -0.2) is 10.1 Å². The van der Waals surface area contributed by atoms with Crippen LogP contribution in [0.25, 0.3) is 10.9 Å².